The van der Waals surface area contributed by atoms with Gasteiger partial charge in [0.25, 0.3) is 0 Å². The van der Waals surface area contributed by atoms with Crippen LogP contribution in [0.4, 0.5) is 5.69 Å². The summed E-state index contributed by atoms with van der Waals surface area (Å²) in [5, 5.41) is 0. The van der Waals surface area contributed by atoms with Gasteiger partial charge < -0.3 is 0 Å². The molecule has 1 saturated heterocycles. The molecular weight excluding hydrogens is 446 g/mol. The van der Waals surface area contributed by atoms with Gasteiger partial charge in [-0.1, -0.05) is 92.2 Å². The van der Waals surface area contributed by atoms with Crippen LogP contribution in [0.3, 0.4) is 0 Å². The number of hydrogen-bond acceptors (Lipinski definition) is 3. The number of imide groups is 1. The molecule has 4 nitrogen and oxygen atoms in total. The molecule has 36 heavy (non-hydrogen) atoms. The molecule has 1 saturated carbocycles. The Morgan fingerprint density at radius 2 is 1.25 bits per heavy atom. The quantitative estimate of drug-likeness (QED) is 0.419. The third kappa shape index (κ3) is 2.62. The molecule has 6 rings (SSSR count). The minimum Gasteiger partial charge on any atom is -0.298 e. The first-order valence-corrected chi connectivity index (χ1v) is 12.7. The fraction of sp³-hybridized carbons (Fsp3) is 0.281. The summed E-state index contributed by atoms with van der Waals surface area (Å²) in [5.41, 5.74) is 3.09. The Balaban J connectivity index is 1.67. The number of nitrogens with zero attached hydrogens (tertiary/aromatic N) is 1. The third-order valence-electron chi connectivity index (χ3n) is 8.68. The Morgan fingerprint density at radius 3 is 1.83 bits per heavy atom. The summed E-state index contributed by atoms with van der Waals surface area (Å²) in [5.74, 6) is -1.90. The average molecular weight is 476 g/mol. The molecule has 0 radical (unpaired) electrons. The summed E-state index contributed by atoms with van der Waals surface area (Å²) in [6.07, 6.45) is 1.26. The highest BCUT2D eigenvalue weighted by atomic mass is 16.2. The second-order valence-corrected chi connectivity index (χ2v) is 10.5. The molecule has 2 amide bonds. The van der Waals surface area contributed by atoms with Gasteiger partial charge in [0.2, 0.25) is 11.8 Å². The highest BCUT2D eigenvalue weighted by molar-refractivity contribution is 6.34. The van der Waals surface area contributed by atoms with E-state index in [0.29, 0.717) is 12.1 Å². The van der Waals surface area contributed by atoms with Gasteiger partial charge in [-0.05, 0) is 54.2 Å². The number of aryl methyl sites for hydroxylation is 1. The number of carbonyl (C=O) groups excluding carboxylic acids is 3. The molecule has 0 N–H and O–H groups in total. The molecule has 3 aliphatic rings. The Kier molecular flexibility index (Phi) is 4.95. The van der Waals surface area contributed by atoms with Crippen LogP contribution in [0.5, 0.6) is 0 Å². The highest BCUT2D eigenvalue weighted by Crippen LogP contribution is 2.75. The summed E-state index contributed by atoms with van der Waals surface area (Å²) >= 11 is 0. The normalized spacial score (nSPS) is 28.9. The standard InChI is InChI=1S/C32H29NO3/c1-4-19-32-25(22-16-9-6-10-17-22)24(21-14-7-5-8-15-21)31(3,30(32)36)26-27(32)29(35)33(28(26)34)23-18-12-11-13-20(23)2/h5-18,26-27H,4,19H2,1-3H3/t26-,27-,31-,32-/m0/s1. The molecule has 1 heterocycles. The number of Topliss-reactive ketones (excluding diaryl/α,β-unsaturated/α-hetero) is 1. The zero-order valence-electron chi connectivity index (χ0n) is 20.8. The highest BCUT2D eigenvalue weighted by Gasteiger charge is 2.80. The Hall–Kier alpha value is -3.79. The van der Waals surface area contributed by atoms with E-state index >= 15 is 0 Å². The van der Waals surface area contributed by atoms with E-state index in [-0.39, 0.29) is 17.6 Å². The van der Waals surface area contributed by atoms with Crippen molar-refractivity contribution < 1.29 is 14.4 Å². The van der Waals surface area contributed by atoms with Gasteiger partial charge in [-0.2, -0.15) is 0 Å². The lowest BCUT2D eigenvalue weighted by Gasteiger charge is -2.37. The number of amides is 2. The van der Waals surface area contributed by atoms with Crippen molar-refractivity contribution in [3.05, 3.63) is 102 Å². The van der Waals surface area contributed by atoms with Crippen LogP contribution in [0.15, 0.2) is 84.9 Å². The number of ketones is 1. The number of anilines is 1. The molecule has 3 aromatic rings. The molecule has 2 fully saturated rings. The summed E-state index contributed by atoms with van der Waals surface area (Å²) in [4.78, 5) is 44.4. The lowest BCUT2D eigenvalue weighted by Crippen LogP contribution is -2.41. The van der Waals surface area contributed by atoms with Crippen LogP contribution in [0.1, 0.15) is 43.4 Å². The number of fused-ring (bicyclic) bond motifs is 5. The van der Waals surface area contributed by atoms with Crippen molar-refractivity contribution in [2.24, 2.45) is 22.7 Å². The minimum absolute atomic E-state index is 0.0238. The number of allylic oxidation sites excluding steroid dienone is 2. The van der Waals surface area contributed by atoms with Crippen molar-refractivity contribution in [2.45, 2.75) is 33.6 Å². The average Bonchev–Trinajstić information content (AvgIpc) is 3.35. The fourth-order valence-corrected chi connectivity index (χ4v) is 7.41. The van der Waals surface area contributed by atoms with Gasteiger partial charge in [-0.3, -0.25) is 14.4 Å². The van der Waals surface area contributed by atoms with Crippen molar-refractivity contribution in [2.75, 3.05) is 4.90 Å². The summed E-state index contributed by atoms with van der Waals surface area (Å²) < 4.78 is 0. The van der Waals surface area contributed by atoms with E-state index in [2.05, 4.69) is 6.92 Å². The third-order valence-corrected chi connectivity index (χ3v) is 8.68. The number of carbonyl (C=O) groups is 3. The zero-order chi connectivity index (χ0) is 25.2. The van der Waals surface area contributed by atoms with Gasteiger partial charge >= 0.3 is 0 Å². The first kappa shape index (κ1) is 22.7. The van der Waals surface area contributed by atoms with Crippen molar-refractivity contribution in [1.82, 2.24) is 0 Å². The van der Waals surface area contributed by atoms with E-state index < -0.39 is 22.7 Å². The number of para-hydroxylation sites is 1. The Labute approximate surface area is 211 Å². The number of rotatable bonds is 5. The maximum Gasteiger partial charge on any atom is 0.239 e. The first-order chi connectivity index (χ1) is 17.4. The van der Waals surface area contributed by atoms with E-state index in [9.17, 15) is 14.4 Å². The van der Waals surface area contributed by atoms with Crippen molar-refractivity contribution >= 4 is 34.4 Å². The fourth-order valence-electron chi connectivity index (χ4n) is 7.41. The van der Waals surface area contributed by atoms with Crippen molar-refractivity contribution in [3.63, 3.8) is 0 Å². The lowest BCUT2D eigenvalue weighted by atomic mass is 9.61. The van der Waals surface area contributed by atoms with Crippen LogP contribution < -0.4 is 4.90 Å². The number of hydrogen-bond donors (Lipinski definition) is 0. The molecule has 0 spiro atoms. The van der Waals surface area contributed by atoms with Gasteiger partial charge in [0.15, 0.2) is 5.78 Å². The first-order valence-electron chi connectivity index (χ1n) is 12.7. The number of benzene rings is 3. The largest absolute Gasteiger partial charge is 0.298 e. The molecule has 3 aromatic carbocycles. The van der Waals surface area contributed by atoms with E-state index in [1.54, 1.807) is 0 Å². The second kappa shape index (κ2) is 7.86. The maximum absolute atomic E-state index is 14.6. The van der Waals surface area contributed by atoms with Gasteiger partial charge in [0.05, 0.1) is 28.4 Å². The molecule has 4 atom stereocenters. The summed E-state index contributed by atoms with van der Waals surface area (Å²) in [6, 6.07) is 27.4. The van der Waals surface area contributed by atoms with Crippen LogP contribution in [-0.2, 0) is 14.4 Å². The molecule has 180 valence electrons. The van der Waals surface area contributed by atoms with Gasteiger partial charge in [0, 0.05) is 0 Å². The smallest absolute Gasteiger partial charge is 0.239 e. The van der Waals surface area contributed by atoms with Crippen LogP contribution in [0.2, 0.25) is 0 Å². The predicted octanol–water partition coefficient (Wildman–Crippen LogP) is 6.10. The van der Waals surface area contributed by atoms with Crippen molar-refractivity contribution in [3.8, 4) is 0 Å². The molecule has 0 aromatic heterocycles. The monoisotopic (exact) mass is 475 g/mol. The van der Waals surface area contributed by atoms with Crippen LogP contribution in [0, 0.1) is 29.6 Å². The second-order valence-electron chi connectivity index (χ2n) is 10.5. The lowest BCUT2D eigenvalue weighted by molar-refractivity contribution is -0.134. The zero-order valence-corrected chi connectivity index (χ0v) is 20.8. The maximum atomic E-state index is 14.6. The van der Waals surface area contributed by atoms with E-state index in [1.807, 2.05) is 98.8 Å². The molecule has 4 heteroatoms. The predicted molar refractivity (Wildman–Crippen MR) is 141 cm³/mol. The van der Waals surface area contributed by atoms with E-state index in [1.165, 1.54) is 4.90 Å². The molecule has 1 aliphatic heterocycles. The van der Waals surface area contributed by atoms with Crippen molar-refractivity contribution in [1.29, 1.82) is 0 Å². The Bertz CT molecular complexity index is 1440. The van der Waals surface area contributed by atoms with E-state index in [4.69, 9.17) is 0 Å². The topological polar surface area (TPSA) is 54.5 Å². The molecule has 2 bridgehead atoms. The molecule has 2 aliphatic carbocycles. The van der Waals surface area contributed by atoms with Crippen LogP contribution in [0.25, 0.3) is 11.1 Å². The SMILES string of the molecule is CCC[C@]12C(=O)[C@@](C)(C(c3ccccc3)=C1c1ccccc1)[C@@H]1C(=O)N(c3ccccc3C)C(=O)[C@H]12. The van der Waals surface area contributed by atoms with E-state index in [0.717, 1.165) is 34.3 Å². The van der Waals surface area contributed by atoms with Gasteiger partial charge in [-0.15, -0.1) is 0 Å². The summed E-state index contributed by atoms with van der Waals surface area (Å²) in [7, 11) is 0. The van der Waals surface area contributed by atoms with Crippen LogP contribution in [-0.4, -0.2) is 17.6 Å². The Morgan fingerprint density at radius 1 is 0.722 bits per heavy atom. The van der Waals surface area contributed by atoms with Gasteiger partial charge in [0.1, 0.15) is 0 Å². The van der Waals surface area contributed by atoms with Gasteiger partial charge in [-0.25, -0.2) is 4.90 Å². The minimum atomic E-state index is -1.09. The molecular formula is C32H29NO3. The summed E-state index contributed by atoms with van der Waals surface area (Å²) in [6.45, 7) is 5.88. The van der Waals surface area contributed by atoms with Crippen LogP contribution >= 0.6 is 0 Å². The molecule has 0 unspecified atom stereocenters.